The van der Waals surface area contributed by atoms with E-state index in [9.17, 15) is 14.9 Å². The SMILES string of the molecule is CCCOc1cccc(-c2nn(-c3ccccc3)cc2/C=C2/C(=O)N(Cc3ccccc3Cl)C(=O)C(C#N)=C2C)c1. The fourth-order valence-corrected chi connectivity index (χ4v) is 4.80. The molecule has 7 nitrogen and oxygen atoms in total. The van der Waals surface area contributed by atoms with Crippen LogP contribution in [0.2, 0.25) is 5.02 Å². The van der Waals surface area contributed by atoms with E-state index in [0.29, 0.717) is 39.8 Å². The van der Waals surface area contributed by atoms with Crippen LogP contribution in [0.4, 0.5) is 0 Å². The van der Waals surface area contributed by atoms with Crippen LogP contribution in [0.5, 0.6) is 5.75 Å². The van der Waals surface area contributed by atoms with Gasteiger partial charge in [-0.2, -0.15) is 10.4 Å². The molecule has 0 spiro atoms. The average Bonchev–Trinajstić information content (AvgIpc) is 3.42. The number of hydrogen-bond acceptors (Lipinski definition) is 5. The third kappa shape index (κ3) is 5.69. The molecule has 41 heavy (non-hydrogen) atoms. The second-order valence-electron chi connectivity index (χ2n) is 9.55. The Morgan fingerprint density at radius 2 is 1.76 bits per heavy atom. The van der Waals surface area contributed by atoms with Crippen LogP contribution in [0.25, 0.3) is 23.0 Å². The van der Waals surface area contributed by atoms with E-state index >= 15 is 0 Å². The van der Waals surface area contributed by atoms with Gasteiger partial charge in [0.2, 0.25) is 0 Å². The predicted molar refractivity (Wildman–Crippen MR) is 158 cm³/mol. The molecular weight excluding hydrogens is 536 g/mol. The molecule has 204 valence electrons. The molecule has 1 aliphatic heterocycles. The van der Waals surface area contributed by atoms with Gasteiger partial charge in [-0.3, -0.25) is 14.5 Å². The lowest BCUT2D eigenvalue weighted by molar-refractivity contribution is -0.141. The maximum atomic E-state index is 13.8. The zero-order valence-corrected chi connectivity index (χ0v) is 23.4. The van der Waals surface area contributed by atoms with Gasteiger partial charge in [-0.15, -0.1) is 0 Å². The Labute approximate surface area is 243 Å². The Bertz CT molecular complexity index is 1730. The molecule has 0 fully saturated rings. The monoisotopic (exact) mass is 562 g/mol. The number of hydrogen-bond donors (Lipinski definition) is 0. The fourth-order valence-electron chi connectivity index (χ4n) is 4.61. The van der Waals surface area contributed by atoms with E-state index in [2.05, 4.69) is 0 Å². The van der Waals surface area contributed by atoms with Gasteiger partial charge in [0.1, 0.15) is 23.1 Å². The van der Waals surface area contributed by atoms with Gasteiger partial charge < -0.3 is 4.74 Å². The van der Waals surface area contributed by atoms with E-state index in [-0.39, 0.29) is 17.7 Å². The third-order valence-corrected chi connectivity index (χ3v) is 7.12. The summed E-state index contributed by atoms with van der Waals surface area (Å²) in [5.74, 6) is -0.441. The number of ether oxygens (including phenoxy) is 1. The lowest BCUT2D eigenvalue weighted by Gasteiger charge is -2.27. The van der Waals surface area contributed by atoms with Gasteiger partial charge >= 0.3 is 0 Å². The van der Waals surface area contributed by atoms with Gasteiger partial charge in [0, 0.05) is 27.9 Å². The Balaban J connectivity index is 1.64. The summed E-state index contributed by atoms with van der Waals surface area (Å²) in [5, 5.41) is 15.2. The minimum absolute atomic E-state index is 0.0555. The molecule has 2 amide bonds. The van der Waals surface area contributed by atoms with Gasteiger partial charge in [0.25, 0.3) is 11.8 Å². The quantitative estimate of drug-likeness (QED) is 0.174. The summed E-state index contributed by atoms with van der Waals surface area (Å²) in [5.41, 5.74) is 3.98. The topological polar surface area (TPSA) is 88.2 Å². The first-order chi connectivity index (χ1) is 19.9. The van der Waals surface area contributed by atoms with Crippen LogP contribution in [-0.2, 0) is 16.1 Å². The molecule has 0 atom stereocenters. The van der Waals surface area contributed by atoms with Gasteiger partial charge in [-0.05, 0) is 60.9 Å². The maximum Gasteiger partial charge on any atom is 0.271 e. The summed E-state index contributed by atoms with van der Waals surface area (Å²) < 4.78 is 7.59. The van der Waals surface area contributed by atoms with E-state index in [1.54, 1.807) is 41.9 Å². The number of rotatable bonds is 8. The second-order valence-corrected chi connectivity index (χ2v) is 9.95. The number of carbonyl (C=O) groups excluding carboxylic acids is 2. The van der Waals surface area contributed by atoms with Crippen LogP contribution in [0.3, 0.4) is 0 Å². The Kier molecular flexibility index (Phi) is 8.14. The minimum atomic E-state index is -0.645. The summed E-state index contributed by atoms with van der Waals surface area (Å²) in [7, 11) is 0. The summed E-state index contributed by atoms with van der Waals surface area (Å²) in [6.45, 7) is 4.19. The van der Waals surface area contributed by atoms with Crippen molar-refractivity contribution < 1.29 is 14.3 Å². The number of para-hydroxylation sites is 1. The second kappa shape index (κ2) is 12.1. The number of carbonyl (C=O) groups is 2. The highest BCUT2D eigenvalue weighted by molar-refractivity contribution is 6.31. The van der Waals surface area contributed by atoms with Crippen molar-refractivity contribution in [2.75, 3.05) is 6.61 Å². The molecule has 1 aromatic heterocycles. The highest BCUT2D eigenvalue weighted by Crippen LogP contribution is 2.33. The van der Waals surface area contributed by atoms with Crippen molar-refractivity contribution in [3.63, 3.8) is 0 Å². The minimum Gasteiger partial charge on any atom is -0.494 e. The van der Waals surface area contributed by atoms with Gasteiger partial charge in [0.15, 0.2) is 0 Å². The first kappa shape index (κ1) is 27.6. The number of halogens is 1. The number of benzene rings is 3. The summed E-state index contributed by atoms with van der Waals surface area (Å²) in [6.07, 6.45) is 4.41. The molecule has 8 heteroatoms. The van der Waals surface area contributed by atoms with Crippen molar-refractivity contribution >= 4 is 29.5 Å². The van der Waals surface area contributed by atoms with Crippen molar-refractivity contribution in [3.05, 3.63) is 118 Å². The van der Waals surface area contributed by atoms with Crippen LogP contribution < -0.4 is 4.74 Å². The van der Waals surface area contributed by atoms with E-state index in [1.807, 2.05) is 73.8 Å². The smallest absolute Gasteiger partial charge is 0.271 e. The molecule has 0 radical (unpaired) electrons. The van der Waals surface area contributed by atoms with Crippen molar-refractivity contribution in [3.8, 4) is 28.8 Å². The average molecular weight is 563 g/mol. The molecule has 4 aromatic rings. The lowest BCUT2D eigenvalue weighted by atomic mass is 9.93. The van der Waals surface area contributed by atoms with E-state index in [0.717, 1.165) is 22.6 Å². The van der Waals surface area contributed by atoms with Gasteiger partial charge in [0.05, 0.1) is 18.8 Å². The van der Waals surface area contributed by atoms with E-state index in [1.165, 1.54) is 0 Å². The third-order valence-electron chi connectivity index (χ3n) is 6.76. The van der Waals surface area contributed by atoms with Crippen LogP contribution in [-0.4, -0.2) is 33.1 Å². The Morgan fingerprint density at radius 1 is 1.00 bits per heavy atom. The lowest BCUT2D eigenvalue weighted by Crippen LogP contribution is -2.42. The zero-order chi connectivity index (χ0) is 28.9. The largest absolute Gasteiger partial charge is 0.494 e. The molecule has 0 N–H and O–H groups in total. The van der Waals surface area contributed by atoms with E-state index < -0.39 is 11.8 Å². The molecule has 5 rings (SSSR count). The number of imide groups is 1. The Morgan fingerprint density at radius 3 is 2.49 bits per heavy atom. The number of aromatic nitrogens is 2. The molecular formula is C33H27ClN4O3. The number of nitrogens with zero attached hydrogens (tertiary/aromatic N) is 4. The molecule has 0 saturated carbocycles. The van der Waals surface area contributed by atoms with Gasteiger partial charge in [-0.25, -0.2) is 4.68 Å². The van der Waals surface area contributed by atoms with Crippen molar-refractivity contribution in [2.24, 2.45) is 0 Å². The van der Waals surface area contributed by atoms with Crippen LogP contribution in [0.1, 0.15) is 31.4 Å². The summed E-state index contributed by atoms with van der Waals surface area (Å²) in [6, 6.07) is 26.3. The fraction of sp³-hybridized carbons (Fsp3) is 0.152. The Hall–Kier alpha value is -4.93. The normalized spacial score (nSPS) is 14.5. The maximum absolute atomic E-state index is 13.8. The molecule has 0 unspecified atom stereocenters. The van der Waals surface area contributed by atoms with E-state index in [4.69, 9.17) is 21.4 Å². The van der Waals surface area contributed by atoms with Crippen LogP contribution >= 0.6 is 11.6 Å². The molecule has 0 aliphatic carbocycles. The van der Waals surface area contributed by atoms with Crippen molar-refractivity contribution in [2.45, 2.75) is 26.8 Å². The standard InChI is InChI=1S/C33H27ClN4O3/c1-3-16-41-27-14-9-11-23(17-27)31-25(21-38(36-31)26-12-5-4-6-13-26)18-28-22(2)29(19-35)33(40)37(32(28)39)20-24-10-7-8-15-30(24)34/h4-15,17-18,21H,3,16,20H2,1-2H3/b28-18+. The van der Waals surface area contributed by atoms with Crippen molar-refractivity contribution in [1.82, 2.24) is 14.7 Å². The number of amides is 2. The first-order valence-corrected chi connectivity index (χ1v) is 13.6. The number of nitriles is 1. The van der Waals surface area contributed by atoms with Gasteiger partial charge in [-0.1, -0.05) is 67.1 Å². The summed E-state index contributed by atoms with van der Waals surface area (Å²) in [4.78, 5) is 28.1. The highest BCUT2D eigenvalue weighted by atomic mass is 35.5. The molecule has 2 heterocycles. The summed E-state index contributed by atoms with van der Waals surface area (Å²) >= 11 is 6.34. The predicted octanol–water partition coefficient (Wildman–Crippen LogP) is 6.77. The molecule has 1 aliphatic rings. The van der Waals surface area contributed by atoms with Crippen LogP contribution in [0.15, 0.2) is 102 Å². The molecule has 3 aromatic carbocycles. The van der Waals surface area contributed by atoms with Crippen LogP contribution in [0, 0.1) is 11.3 Å². The molecule has 0 bridgehead atoms. The highest BCUT2D eigenvalue weighted by Gasteiger charge is 2.36. The molecule has 0 saturated heterocycles. The first-order valence-electron chi connectivity index (χ1n) is 13.2. The van der Waals surface area contributed by atoms with Crippen molar-refractivity contribution in [1.29, 1.82) is 5.26 Å². The zero-order valence-electron chi connectivity index (χ0n) is 22.7.